The topological polar surface area (TPSA) is 32.3 Å². The summed E-state index contributed by atoms with van der Waals surface area (Å²) in [7, 11) is 0. The number of carbonyl (C=O) groups excluding carboxylic acids is 1. The Bertz CT molecular complexity index is 353. The van der Waals surface area contributed by atoms with E-state index in [-0.39, 0.29) is 12.3 Å². The summed E-state index contributed by atoms with van der Waals surface area (Å²) in [5.74, 6) is -1.37. The lowest BCUT2D eigenvalue weighted by Crippen LogP contribution is -2.54. The van der Waals surface area contributed by atoms with Crippen LogP contribution in [0.2, 0.25) is 0 Å². The van der Waals surface area contributed by atoms with Gasteiger partial charge in [0, 0.05) is 19.1 Å². The molecule has 0 spiro atoms. The van der Waals surface area contributed by atoms with Crippen molar-refractivity contribution < 1.29 is 18.0 Å². The normalized spacial score (nSPS) is 29.2. The first-order valence-electron chi connectivity index (χ1n) is 8.01. The molecule has 1 aliphatic heterocycles. The molecule has 2 rings (SSSR count). The Morgan fingerprint density at radius 2 is 1.71 bits per heavy atom. The number of piperidine rings is 1. The van der Waals surface area contributed by atoms with Crippen LogP contribution >= 0.6 is 0 Å². The number of alkyl halides is 3. The highest BCUT2D eigenvalue weighted by Gasteiger charge is 2.46. The largest absolute Gasteiger partial charge is 0.393 e. The number of nitrogens with one attached hydrogen (secondary N) is 1. The van der Waals surface area contributed by atoms with Crippen molar-refractivity contribution in [1.82, 2.24) is 10.2 Å². The van der Waals surface area contributed by atoms with Gasteiger partial charge in [-0.05, 0) is 39.0 Å². The molecule has 1 saturated carbocycles. The van der Waals surface area contributed by atoms with Crippen LogP contribution in [0.15, 0.2) is 0 Å². The van der Waals surface area contributed by atoms with E-state index in [9.17, 15) is 18.0 Å². The first-order valence-corrected chi connectivity index (χ1v) is 8.01. The van der Waals surface area contributed by atoms with Crippen molar-refractivity contribution in [2.24, 2.45) is 5.92 Å². The maximum Gasteiger partial charge on any atom is 0.393 e. The number of hydrogen-bond acceptors (Lipinski definition) is 2. The molecular weight excluding hydrogens is 281 g/mol. The Morgan fingerprint density at radius 1 is 1.10 bits per heavy atom. The van der Waals surface area contributed by atoms with Crippen molar-refractivity contribution in [2.75, 3.05) is 13.1 Å². The summed E-state index contributed by atoms with van der Waals surface area (Å²) in [4.78, 5) is 14.1. The van der Waals surface area contributed by atoms with Crippen LogP contribution in [-0.4, -0.2) is 42.2 Å². The van der Waals surface area contributed by atoms with Crippen LogP contribution in [0, 0.1) is 5.92 Å². The molecule has 0 radical (unpaired) electrons. The summed E-state index contributed by atoms with van der Waals surface area (Å²) >= 11 is 0. The quantitative estimate of drug-likeness (QED) is 0.869. The molecule has 21 heavy (non-hydrogen) atoms. The molecule has 122 valence electrons. The van der Waals surface area contributed by atoms with Crippen LogP contribution in [0.4, 0.5) is 13.2 Å². The molecule has 0 bridgehead atoms. The van der Waals surface area contributed by atoms with E-state index in [1.165, 1.54) is 0 Å². The van der Waals surface area contributed by atoms with Gasteiger partial charge in [0.2, 0.25) is 5.91 Å². The van der Waals surface area contributed by atoms with E-state index in [2.05, 4.69) is 5.32 Å². The van der Waals surface area contributed by atoms with Crippen molar-refractivity contribution in [3.8, 4) is 0 Å². The van der Waals surface area contributed by atoms with E-state index < -0.39 is 24.2 Å². The number of nitrogens with zero attached hydrogens (tertiary/aromatic N) is 1. The minimum absolute atomic E-state index is 0.0544. The summed E-state index contributed by atoms with van der Waals surface area (Å²) in [6.45, 7) is 3.16. The van der Waals surface area contributed by atoms with E-state index in [1.807, 2.05) is 0 Å². The molecule has 0 aromatic carbocycles. The zero-order valence-corrected chi connectivity index (χ0v) is 12.6. The molecule has 3 nitrogen and oxygen atoms in total. The predicted octanol–water partition coefficient (Wildman–Crippen LogP) is 3.10. The fourth-order valence-electron chi connectivity index (χ4n) is 3.50. The fraction of sp³-hybridized carbons (Fsp3) is 0.933. The molecule has 1 N–H and O–H groups in total. The van der Waals surface area contributed by atoms with Gasteiger partial charge in [-0.3, -0.25) is 4.79 Å². The van der Waals surface area contributed by atoms with Gasteiger partial charge in [0.25, 0.3) is 0 Å². The van der Waals surface area contributed by atoms with Crippen LogP contribution < -0.4 is 5.32 Å². The highest BCUT2D eigenvalue weighted by Crippen LogP contribution is 2.37. The third-order valence-electron chi connectivity index (χ3n) is 4.69. The van der Waals surface area contributed by atoms with Gasteiger partial charge < -0.3 is 10.2 Å². The van der Waals surface area contributed by atoms with Crippen LogP contribution in [-0.2, 0) is 4.79 Å². The highest BCUT2D eigenvalue weighted by atomic mass is 19.4. The van der Waals surface area contributed by atoms with Gasteiger partial charge in [-0.1, -0.05) is 12.8 Å². The van der Waals surface area contributed by atoms with Gasteiger partial charge in [-0.15, -0.1) is 0 Å². The lowest BCUT2D eigenvalue weighted by atomic mass is 9.83. The van der Waals surface area contributed by atoms with Crippen molar-refractivity contribution >= 4 is 5.91 Å². The van der Waals surface area contributed by atoms with Gasteiger partial charge >= 0.3 is 6.18 Å². The number of amides is 1. The number of hydrogen-bond donors (Lipinski definition) is 1. The van der Waals surface area contributed by atoms with Crippen molar-refractivity contribution in [2.45, 2.75) is 70.1 Å². The van der Waals surface area contributed by atoms with Gasteiger partial charge in [0.05, 0.1) is 12.0 Å². The Kier molecular flexibility index (Phi) is 5.52. The van der Waals surface area contributed by atoms with Gasteiger partial charge in [-0.25, -0.2) is 0 Å². The minimum Gasteiger partial charge on any atom is -0.341 e. The van der Waals surface area contributed by atoms with Crippen LogP contribution in [0.5, 0.6) is 0 Å². The minimum atomic E-state index is -4.17. The Morgan fingerprint density at radius 3 is 2.33 bits per heavy atom. The molecule has 6 heteroatoms. The molecule has 1 aliphatic carbocycles. The third-order valence-corrected chi connectivity index (χ3v) is 4.69. The monoisotopic (exact) mass is 306 g/mol. The number of likely N-dealkylation sites (tertiary alicyclic amines) is 1. The molecule has 1 saturated heterocycles. The Hall–Kier alpha value is -0.780. The zero-order valence-electron chi connectivity index (χ0n) is 12.6. The molecule has 2 fully saturated rings. The third kappa shape index (κ3) is 4.34. The maximum absolute atomic E-state index is 13.1. The van der Waals surface area contributed by atoms with Crippen molar-refractivity contribution in [1.29, 1.82) is 0 Å². The van der Waals surface area contributed by atoms with Crippen molar-refractivity contribution in [3.63, 3.8) is 0 Å². The maximum atomic E-state index is 13.1. The lowest BCUT2D eigenvalue weighted by Gasteiger charge is -2.36. The van der Waals surface area contributed by atoms with E-state index in [1.54, 1.807) is 11.8 Å². The second kappa shape index (κ2) is 6.99. The van der Waals surface area contributed by atoms with Crippen LogP contribution in [0.3, 0.4) is 0 Å². The average Bonchev–Trinajstić information content (AvgIpc) is 2.47. The molecule has 0 aromatic rings. The molecule has 1 amide bonds. The first-order chi connectivity index (χ1) is 9.89. The van der Waals surface area contributed by atoms with E-state index in [4.69, 9.17) is 0 Å². The predicted molar refractivity (Wildman–Crippen MR) is 74.8 cm³/mol. The van der Waals surface area contributed by atoms with E-state index in [0.717, 1.165) is 38.8 Å². The van der Waals surface area contributed by atoms with Crippen LogP contribution in [0.1, 0.15) is 51.9 Å². The molecular formula is C15H25F3N2O. The average molecular weight is 306 g/mol. The number of halogens is 3. The van der Waals surface area contributed by atoms with E-state index in [0.29, 0.717) is 12.8 Å². The summed E-state index contributed by atoms with van der Waals surface area (Å²) in [5.41, 5.74) is 0. The molecule has 2 aliphatic rings. The van der Waals surface area contributed by atoms with Crippen molar-refractivity contribution in [3.05, 3.63) is 0 Å². The SMILES string of the molecule is CC(NC1CCCCC1C(F)(F)F)C(=O)N1CCCCC1. The Balaban J connectivity index is 1.93. The van der Waals surface area contributed by atoms with Gasteiger partial charge in [0.1, 0.15) is 0 Å². The summed E-state index contributed by atoms with van der Waals surface area (Å²) in [6, 6.07) is -1.15. The summed E-state index contributed by atoms with van der Waals surface area (Å²) in [6.07, 6.45) is 1.04. The molecule has 1 heterocycles. The number of carbonyl (C=O) groups is 1. The van der Waals surface area contributed by atoms with Gasteiger partial charge in [0.15, 0.2) is 0 Å². The zero-order chi connectivity index (χ0) is 15.5. The Labute approximate surface area is 124 Å². The molecule has 3 atom stereocenters. The lowest BCUT2D eigenvalue weighted by molar-refractivity contribution is -0.189. The summed E-state index contributed by atoms with van der Waals surface area (Å²) < 4.78 is 39.2. The standard InChI is InChI=1S/C15H25F3N2O/c1-11(14(21)20-9-5-2-6-10-20)19-13-8-4-3-7-12(13)15(16,17)18/h11-13,19H,2-10H2,1H3. The number of rotatable bonds is 3. The second-order valence-corrected chi connectivity index (χ2v) is 6.31. The van der Waals surface area contributed by atoms with Crippen LogP contribution in [0.25, 0.3) is 0 Å². The smallest absolute Gasteiger partial charge is 0.341 e. The van der Waals surface area contributed by atoms with E-state index >= 15 is 0 Å². The first kappa shape index (κ1) is 16.6. The molecule has 3 unspecified atom stereocenters. The van der Waals surface area contributed by atoms with Gasteiger partial charge in [-0.2, -0.15) is 13.2 Å². The summed E-state index contributed by atoms with van der Waals surface area (Å²) in [5, 5.41) is 2.96. The second-order valence-electron chi connectivity index (χ2n) is 6.31. The highest BCUT2D eigenvalue weighted by molar-refractivity contribution is 5.81. The molecule has 0 aromatic heterocycles. The fourth-order valence-corrected chi connectivity index (χ4v) is 3.50.